The van der Waals surface area contributed by atoms with Crippen molar-refractivity contribution in [2.24, 2.45) is 0 Å². The summed E-state index contributed by atoms with van der Waals surface area (Å²) in [6.07, 6.45) is 1.96. The van der Waals surface area contributed by atoms with Gasteiger partial charge in [-0.2, -0.15) is 4.31 Å². The van der Waals surface area contributed by atoms with E-state index in [1.54, 1.807) is 0 Å². The van der Waals surface area contributed by atoms with Crippen molar-refractivity contribution < 1.29 is 12.8 Å². The molecule has 0 saturated carbocycles. The molecule has 1 heterocycles. The molecule has 0 amide bonds. The van der Waals surface area contributed by atoms with Crippen LogP contribution in [0.15, 0.2) is 23.1 Å². The molecule has 1 aliphatic heterocycles. The van der Waals surface area contributed by atoms with E-state index < -0.39 is 15.8 Å². The van der Waals surface area contributed by atoms with Crippen molar-refractivity contribution in [2.75, 3.05) is 20.1 Å². The Morgan fingerprint density at radius 1 is 1.53 bits per heavy atom. The maximum absolute atomic E-state index is 13.8. The van der Waals surface area contributed by atoms with Gasteiger partial charge >= 0.3 is 0 Å². The van der Waals surface area contributed by atoms with Gasteiger partial charge in [0.05, 0.1) is 5.02 Å². The fraction of sp³-hybridized carbons (Fsp3) is 0.500. The molecule has 1 aliphatic rings. The first-order chi connectivity index (χ1) is 8.93. The summed E-state index contributed by atoms with van der Waals surface area (Å²) < 4.78 is 39.6. The van der Waals surface area contributed by atoms with Crippen LogP contribution in [0.2, 0.25) is 5.02 Å². The van der Waals surface area contributed by atoms with Crippen molar-refractivity contribution in [3.8, 4) is 0 Å². The molecule has 1 aromatic carbocycles. The fourth-order valence-electron chi connectivity index (χ4n) is 2.17. The molecule has 1 atom stereocenters. The van der Waals surface area contributed by atoms with Gasteiger partial charge in [-0.1, -0.05) is 17.7 Å². The quantitative estimate of drug-likeness (QED) is 0.923. The number of likely N-dealkylation sites (N-methyl/N-ethyl adjacent to an activating group) is 1. The molecule has 106 valence electrons. The Balaban J connectivity index is 2.23. The number of hydrogen-bond acceptors (Lipinski definition) is 3. The van der Waals surface area contributed by atoms with Gasteiger partial charge in [-0.15, -0.1) is 0 Å². The molecule has 1 N–H and O–H groups in total. The van der Waals surface area contributed by atoms with Crippen molar-refractivity contribution in [3.05, 3.63) is 29.0 Å². The predicted octanol–water partition coefficient (Wildman–Crippen LogP) is 1.85. The standard InChI is InChI=1S/C12H16ClFN2O2S/c1-16(8-9-4-3-7-15-9)19(17,18)11-6-2-5-10(13)12(11)14/h2,5-6,9,15H,3-4,7-8H2,1H3. The van der Waals surface area contributed by atoms with Gasteiger partial charge in [-0.25, -0.2) is 12.8 Å². The average molecular weight is 307 g/mol. The molecule has 1 aromatic rings. The van der Waals surface area contributed by atoms with Crippen LogP contribution in [0.25, 0.3) is 0 Å². The van der Waals surface area contributed by atoms with Crippen LogP contribution in [-0.2, 0) is 10.0 Å². The minimum Gasteiger partial charge on any atom is -0.313 e. The fourth-order valence-corrected chi connectivity index (χ4v) is 3.70. The van der Waals surface area contributed by atoms with E-state index in [9.17, 15) is 12.8 Å². The average Bonchev–Trinajstić information content (AvgIpc) is 2.85. The topological polar surface area (TPSA) is 49.4 Å². The van der Waals surface area contributed by atoms with Crippen LogP contribution in [0.4, 0.5) is 4.39 Å². The summed E-state index contributed by atoms with van der Waals surface area (Å²) in [6.45, 7) is 1.22. The van der Waals surface area contributed by atoms with Crippen molar-refractivity contribution in [1.82, 2.24) is 9.62 Å². The lowest BCUT2D eigenvalue weighted by Crippen LogP contribution is -2.38. The second-order valence-electron chi connectivity index (χ2n) is 4.63. The minimum atomic E-state index is -3.85. The molecular weight excluding hydrogens is 291 g/mol. The van der Waals surface area contributed by atoms with Gasteiger partial charge in [0.15, 0.2) is 5.82 Å². The van der Waals surface area contributed by atoms with Gasteiger partial charge in [-0.05, 0) is 31.5 Å². The maximum atomic E-state index is 13.8. The van der Waals surface area contributed by atoms with Crippen LogP contribution in [0.5, 0.6) is 0 Å². The monoisotopic (exact) mass is 306 g/mol. The smallest absolute Gasteiger partial charge is 0.245 e. The van der Waals surface area contributed by atoms with E-state index in [4.69, 9.17) is 11.6 Å². The molecule has 0 spiro atoms. The van der Waals surface area contributed by atoms with Crippen molar-refractivity contribution >= 4 is 21.6 Å². The highest BCUT2D eigenvalue weighted by Crippen LogP contribution is 2.24. The van der Waals surface area contributed by atoms with Crippen molar-refractivity contribution in [1.29, 1.82) is 0 Å². The molecule has 0 radical (unpaired) electrons. The van der Waals surface area contributed by atoms with Crippen LogP contribution in [0.1, 0.15) is 12.8 Å². The molecule has 0 aromatic heterocycles. The second-order valence-corrected chi connectivity index (χ2v) is 7.05. The second kappa shape index (κ2) is 5.75. The van der Waals surface area contributed by atoms with Gasteiger partial charge in [0, 0.05) is 19.6 Å². The SMILES string of the molecule is CN(CC1CCCN1)S(=O)(=O)c1cccc(Cl)c1F. The Labute approximate surface area is 117 Å². The molecule has 0 bridgehead atoms. The van der Waals surface area contributed by atoms with Crippen LogP contribution in [0, 0.1) is 5.82 Å². The van der Waals surface area contributed by atoms with Crippen LogP contribution >= 0.6 is 11.6 Å². The minimum absolute atomic E-state index is 0.127. The first kappa shape index (κ1) is 14.7. The normalized spacial score (nSPS) is 20.1. The summed E-state index contributed by atoms with van der Waals surface area (Å²) in [5.74, 6) is -0.893. The van der Waals surface area contributed by atoms with E-state index in [2.05, 4.69) is 5.32 Å². The van der Waals surface area contributed by atoms with Gasteiger partial charge in [0.25, 0.3) is 0 Å². The van der Waals surface area contributed by atoms with E-state index >= 15 is 0 Å². The molecular formula is C12H16ClFN2O2S. The molecule has 4 nitrogen and oxygen atoms in total. The van der Waals surface area contributed by atoms with Crippen molar-refractivity contribution in [2.45, 2.75) is 23.8 Å². The number of benzene rings is 1. The van der Waals surface area contributed by atoms with Crippen LogP contribution in [-0.4, -0.2) is 38.9 Å². The third kappa shape index (κ3) is 3.08. The van der Waals surface area contributed by atoms with E-state index in [1.807, 2.05) is 0 Å². The zero-order valence-corrected chi connectivity index (χ0v) is 12.1. The first-order valence-corrected chi connectivity index (χ1v) is 7.88. The molecule has 7 heteroatoms. The lowest BCUT2D eigenvalue weighted by atomic mass is 10.2. The van der Waals surface area contributed by atoms with Crippen molar-refractivity contribution in [3.63, 3.8) is 0 Å². The van der Waals surface area contributed by atoms with E-state index in [0.717, 1.165) is 19.4 Å². The Morgan fingerprint density at radius 3 is 2.89 bits per heavy atom. The Kier molecular flexibility index (Phi) is 4.45. The molecule has 1 fully saturated rings. The summed E-state index contributed by atoms with van der Waals surface area (Å²) in [4.78, 5) is -0.375. The van der Waals surface area contributed by atoms with Gasteiger partial charge in [0.1, 0.15) is 4.90 Å². The maximum Gasteiger partial charge on any atom is 0.245 e. The van der Waals surface area contributed by atoms with Gasteiger partial charge < -0.3 is 5.32 Å². The highest BCUT2D eigenvalue weighted by atomic mass is 35.5. The number of rotatable bonds is 4. The number of halogens is 2. The van der Waals surface area contributed by atoms with E-state index in [-0.39, 0.29) is 16.0 Å². The van der Waals surface area contributed by atoms with Gasteiger partial charge in [0.2, 0.25) is 10.0 Å². The summed E-state index contributed by atoms with van der Waals surface area (Å²) in [5.41, 5.74) is 0. The highest BCUT2D eigenvalue weighted by Gasteiger charge is 2.28. The Hall–Kier alpha value is -0.690. The summed E-state index contributed by atoms with van der Waals surface area (Å²) in [7, 11) is -2.39. The molecule has 19 heavy (non-hydrogen) atoms. The van der Waals surface area contributed by atoms with Crippen LogP contribution in [0.3, 0.4) is 0 Å². The molecule has 1 unspecified atom stereocenters. The summed E-state index contributed by atoms with van der Waals surface area (Å²) in [5, 5.41) is 3.02. The zero-order chi connectivity index (χ0) is 14.0. The lowest BCUT2D eigenvalue weighted by Gasteiger charge is -2.21. The Morgan fingerprint density at radius 2 is 2.26 bits per heavy atom. The third-order valence-corrected chi connectivity index (χ3v) is 5.38. The number of sulfonamides is 1. The number of hydrogen-bond donors (Lipinski definition) is 1. The largest absolute Gasteiger partial charge is 0.313 e. The molecule has 0 aliphatic carbocycles. The predicted molar refractivity (Wildman–Crippen MR) is 72.3 cm³/mol. The summed E-state index contributed by atoms with van der Waals surface area (Å²) >= 11 is 5.62. The lowest BCUT2D eigenvalue weighted by molar-refractivity contribution is 0.414. The molecule has 2 rings (SSSR count). The van der Waals surface area contributed by atoms with Gasteiger partial charge in [-0.3, -0.25) is 0 Å². The Bertz CT molecular complexity index is 559. The number of nitrogens with one attached hydrogen (secondary N) is 1. The van der Waals surface area contributed by atoms with E-state index in [0.29, 0.717) is 6.54 Å². The number of nitrogens with zero attached hydrogens (tertiary/aromatic N) is 1. The van der Waals surface area contributed by atoms with Crippen LogP contribution < -0.4 is 5.32 Å². The summed E-state index contributed by atoms with van der Waals surface area (Å²) in [6, 6.07) is 4.12. The van der Waals surface area contributed by atoms with E-state index in [1.165, 1.54) is 29.6 Å². The molecule has 1 saturated heterocycles. The first-order valence-electron chi connectivity index (χ1n) is 6.06. The highest BCUT2D eigenvalue weighted by molar-refractivity contribution is 7.89. The zero-order valence-electron chi connectivity index (χ0n) is 10.6. The third-order valence-electron chi connectivity index (χ3n) is 3.24.